The smallest absolute Gasteiger partial charge is 0.240 e. The highest BCUT2D eigenvalue weighted by atomic mass is 32.2. The lowest BCUT2D eigenvalue weighted by molar-refractivity contribution is -0.0415. The van der Waals surface area contributed by atoms with Gasteiger partial charge in [0.25, 0.3) is 0 Å². The Balaban J connectivity index is 1.63. The van der Waals surface area contributed by atoms with Crippen LogP contribution in [0.1, 0.15) is 12.8 Å². The van der Waals surface area contributed by atoms with Crippen LogP contribution in [0.3, 0.4) is 0 Å². The van der Waals surface area contributed by atoms with Gasteiger partial charge in [0.05, 0.1) is 18.4 Å². The number of sulfonamides is 1. The van der Waals surface area contributed by atoms with Crippen LogP contribution in [0.4, 0.5) is 5.69 Å². The number of anilines is 1. The summed E-state index contributed by atoms with van der Waals surface area (Å²) in [6.07, 6.45) is 2.53. The molecule has 0 bridgehead atoms. The molecule has 6 nitrogen and oxygen atoms in total. The van der Waals surface area contributed by atoms with Crippen LogP contribution in [0.2, 0.25) is 0 Å². The van der Waals surface area contributed by atoms with E-state index in [1.54, 1.807) is 18.2 Å². The molecular formula is C14H21N3O3S. The van der Waals surface area contributed by atoms with Crippen molar-refractivity contribution in [1.82, 2.24) is 4.90 Å². The van der Waals surface area contributed by atoms with E-state index in [1.807, 2.05) is 0 Å². The molecule has 2 heterocycles. The summed E-state index contributed by atoms with van der Waals surface area (Å²) in [6.45, 7) is 3.38. The molecule has 3 rings (SSSR count). The Morgan fingerprint density at radius 2 is 2.19 bits per heavy atom. The van der Waals surface area contributed by atoms with E-state index in [4.69, 9.17) is 9.88 Å². The number of fused-ring (bicyclic) bond motifs is 1. The lowest BCUT2D eigenvalue weighted by Crippen LogP contribution is -2.48. The second-order valence-electron chi connectivity index (χ2n) is 5.67. The van der Waals surface area contributed by atoms with Gasteiger partial charge >= 0.3 is 0 Å². The van der Waals surface area contributed by atoms with Crippen molar-refractivity contribution in [2.24, 2.45) is 5.14 Å². The zero-order chi connectivity index (χ0) is 14.9. The number of nitrogens with zero attached hydrogens (tertiary/aromatic N) is 1. The molecule has 2 saturated heterocycles. The van der Waals surface area contributed by atoms with E-state index in [0.29, 0.717) is 18.3 Å². The van der Waals surface area contributed by atoms with E-state index in [0.717, 1.165) is 19.7 Å². The molecule has 7 heteroatoms. The quantitative estimate of drug-likeness (QED) is 0.851. The largest absolute Gasteiger partial charge is 0.381 e. The van der Waals surface area contributed by atoms with Crippen LogP contribution >= 0.6 is 0 Å². The van der Waals surface area contributed by atoms with Crippen molar-refractivity contribution in [2.75, 3.05) is 31.6 Å². The van der Waals surface area contributed by atoms with Gasteiger partial charge in [0.15, 0.2) is 0 Å². The van der Waals surface area contributed by atoms with Crippen molar-refractivity contribution >= 4 is 15.7 Å². The number of benzene rings is 1. The molecule has 1 aromatic carbocycles. The molecule has 2 atom stereocenters. The number of nitrogens with one attached hydrogen (secondary N) is 1. The molecule has 0 aromatic heterocycles. The Morgan fingerprint density at radius 3 is 3.00 bits per heavy atom. The first-order valence-corrected chi connectivity index (χ1v) is 8.80. The van der Waals surface area contributed by atoms with Crippen LogP contribution in [0.5, 0.6) is 0 Å². The van der Waals surface area contributed by atoms with E-state index >= 15 is 0 Å². The molecule has 0 spiro atoms. The van der Waals surface area contributed by atoms with Crippen LogP contribution in [-0.2, 0) is 14.8 Å². The summed E-state index contributed by atoms with van der Waals surface area (Å²) < 4.78 is 29.0. The summed E-state index contributed by atoms with van der Waals surface area (Å²) in [5.41, 5.74) is 0.534. The molecule has 0 saturated carbocycles. The highest BCUT2D eigenvalue weighted by Gasteiger charge is 2.32. The van der Waals surface area contributed by atoms with Crippen molar-refractivity contribution in [1.29, 1.82) is 0 Å². The number of hydrogen-bond donors (Lipinski definition) is 2. The van der Waals surface area contributed by atoms with Gasteiger partial charge in [-0.2, -0.15) is 0 Å². The fraction of sp³-hybridized carbons (Fsp3) is 0.571. The number of ether oxygens (including phenoxy) is 1. The third-order valence-corrected chi connectivity index (χ3v) is 5.14. The predicted molar refractivity (Wildman–Crippen MR) is 80.6 cm³/mol. The lowest BCUT2D eigenvalue weighted by Gasteiger charge is -2.35. The van der Waals surface area contributed by atoms with Gasteiger partial charge < -0.3 is 10.1 Å². The highest BCUT2D eigenvalue weighted by Crippen LogP contribution is 2.24. The van der Waals surface area contributed by atoms with Gasteiger partial charge in [-0.15, -0.1) is 0 Å². The molecule has 0 radical (unpaired) electrons. The van der Waals surface area contributed by atoms with E-state index in [-0.39, 0.29) is 11.0 Å². The van der Waals surface area contributed by atoms with Crippen LogP contribution in [0.25, 0.3) is 0 Å². The Morgan fingerprint density at radius 1 is 1.38 bits per heavy atom. The molecule has 1 aromatic rings. The summed E-state index contributed by atoms with van der Waals surface area (Å²) in [6, 6.07) is 7.25. The molecule has 21 heavy (non-hydrogen) atoms. The Labute approximate surface area is 125 Å². The summed E-state index contributed by atoms with van der Waals surface area (Å²) in [5, 5.41) is 8.39. The SMILES string of the molecule is NS(=O)(=O)c1ccccc1NCC1CN2CCCC2CO1. The van der Waals surface area contributed by atoms with E-state index < -0.39 is 10.0 Å². The Hall–Kier alpha value is -1.15. The van der Waals surface area contributed by atoms with Gasteiger partial charge in [0.2, 0.25) is 10.0 Å². The van der Waals surface area contributed by atoms with Crippen LogP contribution in [-0.4, -0.2) is 51.7 Å². The first-order valence-electron chi connectivity index (χ1n) is 7.25. The molecule has 116 valence electrons. The topological polar surface area (TPSA) is 84.7 Å². The maximum absolute atomic E-state index is 11.6. The van der Waals surface area contributed by atoms with E-state index in [1.165, 1.54) is 18.9 Å². The van der Waals surface area contributed by atoms with Crippen LogP contribution in [0, 0.1) is 0 Å². The van der Waals surface area contributed by atoms with Crippen molar-refractivity contribution in [3.05, 3.63) is 24.3 Å². The van der Waals surface area contributed by atoms with Gasteiger partial charge in [0.1, 0.15) is 4.90 Å². The van der Waals surface area contributed by atoms with Crippen molar-refractivity contribution in [3.8, 4) is 0 Å². The van der Waals surface area contributed by atoms with Gasteiger partial charge in [-0.3, -0.25) is 4.90 Å². The maximum Gasteiger partial charge on any atom is 0.240 e. The fourth-order valence-electron chi connectivity index (χ4n) is 3.09. The monoisotopic (exact) mass is 311 g/mol. The van der Waals surface area contributed by atoms with Crippen molar-refractivity contribution in [2.45, 2.75) is 29.9 Å². The van der Waals surface area contributed by atoms with Gasteiger partial charge in [-0.25, -0.2) is 13.6 Å². The van der Waals surface area contributed by atoms with Gasteiger partial charge in [-0.05, 0) is 31.5 Å². The van der Waals surface area contributed by atoms with Crippen LogP contribution in [0.15, 0.2) is 29.2 Å². The Kier molecular flexibility index (Phi) is 4.17. The summed E-state index contributed by atoms with van der Waals surface area (Å²) >= 11 is 0. The molecule has 0 amide bonds. The van der Waals surface area contributed by atoms with E-state index in [9.17, 15) is 8.42 Å². The molecule has 0 aliphatic carbocycles. The molecule has 2 aliphatic heterocycles. The summed E-state index contributed by atoms with van der Waals surface area (Å²) in [5.74, 6) is 0. The number of primary sulfonamides is 1. The number of hydrogen-bond acceptors (Lipinski definition) is 5. The molecule has 2 fully saturated rings. The molecule has 3 N–H and O–H groups in total. The molecular weight excluding hydrogens is 290 g/mol. The normalized spacial score (nSPS) is 26.5. The highest BCUT2D eigenvalue weighted by molar-refractivity contribution is 7.89. The van der Waals surface area contributed by atoms with Crippen molar-refractivity contribution in [3.63, 3.8) is 0 Å². The second kappa shape index (κ2) is 5.92. The second-order valence-corrected chi connectivity index (χ2v) is 7.20. The summed E-state index contributed by atoms with van der Waals surface area (Å²) in [7, 11) is -3.71. The predicted octanol–water partition coefficient (Wildman–Crippen LogP) is 0.609. The third kappa shape index (κ3) is 3.37. The minimum absolute atomic E-state index is 0.0767. The zero-order valence-corrected chi connectivity index (χ0v) is 12.7. The van der Waals surface area contributed by atoms with Crippen LogP contribution < -0.4 is 10.5 Å². The first kappa shape index (κ1) is 14.8. The molecule has 2 unspecified atom stereocenters. The third-order valence-electron chi connectivity index (χ3n) is 4.18. The number of para-hydroxylation sites is 1. The summed E-state index contributed by atoms with van der Waals surface area (Å²) in [4.78, 5) is 2.58. The number of morpholine rings is 1. The number of rotatable bonds is 4. The average Bonchev–Trinajstić information content (AvgIpc) is 2.92. The maximum atomic E-state index is 11.6. The minimum Gasteiger partial charge on any atom is -0.381 e. The fourth-order valence-corrected chi connectivity index (χ4v) is 3.81. The molecule has 2 aliphatic rings. The lowest BCUT2D eigenvalue weighted by atomic mass is 10.2. The number of nitrogens with two attached hydrogens (primary N) is 1. The standard InChI is InChI=1S/C14H21N3O3S/c15-21(18,19)14-6-2-1-5-13(14)16-8-12-9-17-7-3-4-11(17)10-20-12/h1-2,5-6,11-12,16H,3-4,7-10H2,(H2,15,18,19). The minimum atomic E-state index is -3.71. The zero-order valence-electron chi connectivity index (χ0n) is 11.9. The van der Waals surface area contributed by atoms with Gasteiger partial charge in [0, 0.05) is 19.1 Å². The van der Waals surface area contributed by atoms with Gasteiger partial charge in [-0.1, -0.05) is 12.1 Å². The average molecular weight is 311 g/mol. The van der Waals surface area contributed by atoms with E-state index in [2.05, 4.69) is 10.2 Å². The first-order chi connectivity index (χ1) is 10.0. The Bertz CT molecular complexity index is 605. The van der Waals surface area contributed by atoms with Crippen molar-refractivity contribution < 1.29 is 13.2 Å².